The Hall–Kier alpha value is -4.79. The van der Waals surface area contributed by atoms with Crippen molar-refractivity contribution in [3.8, 4) is 0 Å². The largest absolute Gasteiger partial charge is 0.356 e. The van der Waals surface area contributed by atoms with Crippen LogP contribution < -0.4 is 15.4 Å². The number of sulfonamides is 1. The molecule has 0 radical (unpaired) electrons. The lowest BCUT2D eigenvalue weighted by atomic mass is 10.0. The van der Waals surface area contributed by atoms with Crippen molar-refractivity contribution < 1.29 is 18.0 Å². The number of Topliss-reactive ketones (excluding diaryl/α,β-unsaturated/α-hetero) is 1. The highest BCUT2D eigenvalue weighted by molar-refractivity contribution is 7.89. The van der Waals surface area contributed by atoms with Gasteiger partial charge < -0.3 is 10.6 Å². The molecule has 0 aliphatic heterocycles. The summed E-state index contributed by atoms with van der Waals surface area (Å²) in [7, 11) is -3.88. The highest BCUT2D eigenvalue weighted by atomic mass is 32.2. The maximum absolute atomic E-state index is 13.2. The number of carbonyl (C=O) groups excluding carboxylic acids is 2. The molecular weight excluding hydrogens is 534 g/mol. The third kappa shape index (κ3) is 7.25. The van der Waals surface area contributed by atoms with Crippen molar-refractivity contribution >= 4 is 43.9 Å². The molecule has 5 aromatic rings. The summed E-state index contributed by atoms with van der Waals surface area (Å²) in [5, 5.41) is 8.42. The number of benzene rings is 5. The zero-order valence-corrected chi connectivity index (χ0v) is 23.0. The third-order valence-electron chi connectivity index (χ3n) is 6.65. The molecule has 206 valence electrons. The fraction of sp³-hybridized carbons (Fsp3) is 0.0909. The summed E-state index contributed by atoms with van der Waals surface area (Å²) in [5.41, 5.74) is 2.95. The first-order valence-corrected chi connectivity index (χ1v) is 14.6. The molecule has 0 heterocycles. The predicted octanol–water partition coefficient (Wildman–Crippen LogP) is 5.47. The average molecular weight is 564 g/mol. The fourth-order valence-electron chi connectivity index (χ4n) is 4.45. The zero-order valence-electron chi connectivity index (χ0n) is 22.2. The van der Waals surface area contributed by atoms with Crippen molar-refractivity contribution in [2.45, 2.75) is 17.4 Å². The van der Waals surface area contributed by atoms with Crippen LogP contribution in [0.1, 0.15) is 15.9 Å². The fourth-order valence-corrected chi connectivity index (χ4v) is 5.46. The SMILES string of the molecule is O=C(N[C@@H](Cc1ccccc1)C(=O)CNS(=O)(=O)c1ccccc1)c1ccc(Nc2ccc3ccccc3c2)cc1. The first kappa shape index (κ1) is 27.8. The molecule has 41 heavy (non-hydrogen) atoms. The van der Waals surface area contributed by atoms with Gasteiger partial charge in [-0.05, 0) is 71.3 Å². The number of fused-ring (bicyclic) bond motifs is 1. The zero-order chi connectivity index (χ0) is 28.7. The molecule has 0 unspecified atom stereocenters. The minimum absolute atomic E-state index is 0.0637. The molecule has 3 N–H and O–H groups in total. The van der Waals surface area contributed by atoms with Crippen molar-refractivity contribution in [1.82, 2.24) is 10.0 Å². The van der Waals surface area contributed by atoms with Gasteiger partial charge in [0.15, 0.2) is 5.78 Å². The van der Waals surface area contributed by atoms with Gasteiger partial charge in [-0.3, -0.25) is 9.59 Å². The van der Waals surface area contributed by atoms with Crippen molar-refractivity contribution in [2.75, 3.05) is 11.9 Å². The second-order valence-electron chi connectivity index (χ2n) is 9.58. The van der Waals surface area contributed by atoms with Crippen LogP contribution in [0.15, 0.2) is 132 Å². The van der Waals surface area contributed by atoms with Crippen molar-refractivity contribution in [1.29, 1.82) is 0 Å². The van der Waals surface area contributed by atoms with E-state index in [0.29, 0.717) is 5.56 Å². The highest BCUT2D eigenvalue weighted by Crippen LogP contribution is 2.22. The molecule has 0 spiro atoms. The van der Waals surface area contributed by atoms with Crippen LogP contribution in [-0.4, -0.2) is 32.7 Å². The molecule has 1 amide bonds. The van der Waals surface area contributed by atoms with Gasteiger partial charge in [0.25, 0.3) is 5.91 Å². The Balaban J connectivity index is 1.27. The quantitative estimate of drug-likeness (QED) is 0.198. The Morgan fingerprint density at radius 3 is 1.98 bits per heavy atom. The van der Waals surface area contributed by atoms with Gasteiger partial charge in [-0.15, -0.1) is 0 Å². The van der Waals surface area contributed by atoms with E-state index < -0.39 is 34.3 Å². The molecule has 0 fully saturated rings. The smallest absolute Gasteiger partial charge is 0.251 e. The number of ketones is 1. The lowest BCUT2D eigenvalue weighted by Gasteiger charge is -2.19. The lowest BCUT2D eigenvalue weighted by Crippen LogP contribution is -2.46. The molecule has 0 aromatic heterocycles. The summed E-state index contributed by atoms with van der Waals surface area (Å²) in [5.74, 6) is -0.876. The molecular formula is C33H29N3O4S. The molecule has 0 aliphatic carbocycles. The number of anilines is 2. The van der Waals surface area contributed by atoms with Crippen molar-refractivity contribution in [2.24, 2.45) is 0 Å². The molecule has 5 aromatic carbocycles. The summed E-state index contributed by atoms with van der Waals surface area (Å²) >= 11 is 0. The number of amides is 1. The van der Waals surface area contributed by atoms with Crippen LogP contribution in [0.25, 0.3) is 10.8 Å². The average Bonchev–Trinajstić information content (AvgIpc) is 3.01. The molecule has 8 heteroatoms. The number of carbonyl (C=O) groups is 2. The summed E-state index contributed by atoms with van der Waals surface area (Å²) in [4.78, 5) is 26.4. The van der Waals surface area contributed by atoms with Crippen LogP contribution in [0, 0.1) is 0 Å². The van der Waals surface area contributed by atoms with E-state index in [1.807, 2.05) is 60.7 Å². The number of nitrogens with one attached hydrogen (secondary N) is 3. The van der Waals surface area contributed by atoms with Gasteiger partial charge in [-0.25, -0.2) is 13.1 Å². The van der Waals surface area contributed by atoms with Crippen molar-refractivity contribution in [3.63, 3.8) is 0 Å². The van der Waals surface area contributed by atoms with E-state index >= 15 is 0 Å². The Bertz CT molecular complexity index is 1760. The van der Waals surface area contributed by atoms with Gasteiger partial charge in [0.1, 0.15) is 0 Å². The molecule has 5 rings (SSSR count). The summed E-state index contributed by atoms with van der Waals surface area (Å²) in [6, 6.07) is 37.3. The van der Waals surface area contributed by atoms with Crippen LogP contribution in [0.5, 0.6) is 0 Å². The van der Waals surface area contributed by atoms with E-state index in [4.69, 9.17) is 0 Å². The normalized spacial score (nSPS) is 12.0. The van der Waals surface area contributed by atoms with Crippen LogP contribution in [0.3, 0.4) is 0 Å². The van der Waals surface area contributed by atoms with Gasteiger partial charge in [0.2, 0.25) is 10.0 Å². The number of hydrogen-bond donors (Lipinski definition) is 3. The molecule has 1 atom stereocenters. The summed E-state index contributed by atoms with van der Waals surface area (Å²) < 4.78 is 27.6. The van der Waals surface area contributed by atoms with E-state index in [1.165, 1.54) is 12.1 Å². The van der Waals surface area contributed by atoms with E-state index in [2.05, 4.69) is 27.5 Å². The monoisotopic (exact) mass is 563 g/mol. The number of rotatable bonds is 11. The minimum atomic E-state index is -3.88. The van der Waals surface area contributed by atoms with Gasteiger partial charge in [-0.1, -0.05) is 78.9 Å². The highest BCUT2D eigenvalue weighted by Gasteiger charge is 2.24. The van der Waals surface area contributed by atoms with Crippen LogP contribution in [0.2, 0.25) is 0 Å². The van der Waals surface area contributed by atoms with Gasteiger partial charge >= 0.3 is 0 Å². The topological polar surface area (TPSA) is 104 Å². The van der Waals surface area contributed by atoms with Crippen molar-refractivity contribution in [3.05, 3.63) is 139 Å². The maximum Gasteiger partial charge on any atom is 0.251 e. The van der Waals surface area contributed by atoms with Gasteiger partial charge in [0.05, 0.1) is 17.5 Å². The first-order valence-electron chi connectivity index (χ1n) is 13.2. The Labute approximate surface area is 239 Å². The third-order valence-corrected chi connectivity index (χ3v) is 8.07. The first-order chi connectivity index (χ1) is 19.9. The molecule has 0 saturated heterocycles. The summed E-state index contributed by atoms with van der Waals surface area (Å²) in [6.07, 6.45) is 0.222. The second-order valence-corrected chi connectivity index (χ2v) is 11.4. The summed E-state index contributed by atoms with van der Waals surface area (Å²) in [6.45, 7) is -0.455. The Morgan fingerprint density at radius 1 is 0.659 bits per heavy atom. The van der Waals surface area contributed by atoms with Gasteiger partial charge in [0, 0.05) is 16.9 Å². The molecule has 0 aliphatic rings. The van der Waals surface area contributed by atoms with E-state index in [0.717, 1.165) is 27.7 Å². The van der Waals surface area contributed by atoms with E-state index in [1.54, 1.807) is 42.5 Å². The Kier molecular flexibility index (Phi) is 8.53. The van der Waals surface area contributed by atoms with E-state index in [9.17, 15) is 18.0 Å². The van der Waals surface area contributed by atoms with Gasteiger partial charge in [-0.2, -0.15) is 0 Å². The maximum atomic E-state index is 13.2. The number of hydrogen-bond acceptors (Lipinski definition) is 5. The van der Waals surface area contributed by atoms with E-state index in [-0.39, 0.29) is 11.3 Å². The standard InChI is InChI=1S/C33H29N3O4S/c37-32(23-34-41(39,40)30-13-5-2-6-14-30)31(21-24-9-3-1-4-10-24)36-33(38)26-16-18-28(19-17-26)35-29-20-15-25-11-7-8-12-27(25)22-29/h1-20,22,31,34-35H,21,23H2,(H,36,38)/t31-/m0/s1. The van der Waals surface area contributed by atoms with Crippen LogP contribution in [0.4, 0.5) is 11.4 Å². The Morgan fingerprint density at radius 2 is 1.27 bits per heavy atom. The van der Waals surface area contributed by atoms with Crippen LogP contribution >= 0.6 is 0 Å². The lowest BCUT2D eigenvalue weighted by molar-refractivity contribution is -0.119. The van der Waals surface area contributed by atoms with Crippen LogP contribution in [-0.2, 0) is 21.2 Å². The minimum Gasteiger partial charge on any atom is -0.356 e. The molecule has 7 nitrogen and oxygen atoms in total. The second kappa shape index (κ2) is 12.6. The molecule has 0 saturated carbocycles. The molecule has 0 bridgehead atoms. The predicted molar refractivity (Wildman–Crippen MR) is 162 cm³/mol.